The molecule has 0 unspecified atom stereocenters. The van der Waals surface area contributed by atoms with Gasteiger partial charge in [0.05, 0.1) is 5.39 Å². The van der Waals surface area contributed by atoms with Crippen LogP contribution >= 0.6 is 0 Å². The molecule has 22 heavy (non-hydrogen) atoms. The Morgan fingerprint density at radius 1 is 1.09 bits per heavy atom. The van der Waals surface area contributed by atoms with E-state index in [2.05, 4.69) is 4.90 Å². The van der Waals surface area contributed by atoms with Crippen LogP contribution in [0.4, 0.5) is 0 Å². The molecule has 1 aliphatic rings. The van der Waals surface area contributed by atoms with Crippen LogP contribution in [-0.2, 0) is 6.54 Å². The van der Waals surface area contributed by atoms with Gasteiger partial charge in [0.2, 0.25) is 0 Å². The predicted molar refractivity (Wildman–Crippen MR) is 89.7 cm³/mol. The Kier molecular flexibility index (Phi) is 4.78. The van der Waals surface area contributed by atoms with Crippen molar-refractivity contribution < 1.29 is 4.74 Å². The highest BCUT2D eigenvalue weighted by molar-refractivity contribution is 5.87. The number of ether oxygens (including phenoxy) is 1. The van der Waals surface area contributed by atoms with Crippen LogP contribution in [0.25, 0.3) is 10.8 Å². The van der Waals surface area contributed by atoms with Crippen molar-refractivity contribution in [3.8, 4) is 5.75 Å². The molecule has 2 aromatic rings. The zero-order valence-electron chi connectivity index (χ0n) is 13.3. The monoisotopic (exact) mass is 300 g/mol. The summed E-state index contributed by atoms with van der Waals surface area (Å²) in [5, 5.41) is 1.65. The number of rotatable bonds is 5. The molecule has 0 aliphatic carbocycles. The van der Waals surface area contributed by atoms with Crippen LogP contribution in [0.1, 0.15) is 26.2 Å². The van der Waals surface area contributed by atoms with Crippen LogP contribution < -0.4 is 10.3 Å². The first-order valence-electron chi connectivity index (χ1n) is 8.27. The van der Waals surface area contributed by atoms with Gasteiger partial charge in [-0.1, -0.05) is 12.5 Å². The number of aromatic nitrogens is 1. The number of nitrogens with zero attached hydrogens (tertiary/aromatic N) is 2. The van der Waals surface area contributed by atoms with Crippen LogP contribution in [0.5, 0.6) is 5.75 Å². The molecule has 4 nitrogen and oxygen atoms in total. The second kappa shape index (κ2) is 6.97. The fraction of sp³-hybridized carbons (Fsp3) is 0.500. The van der Waals surface area contributed by atoms with Crippen LogP contribution in [0.2, 0.25) is 0 Å². The molecule has 0 spiro atoms. The zero-order valence-corrected chi connectivity index (χ0v) is 13.3. The van der Waals surface area contributed by atoms with Crippen LogP contribution in [-0.4, -0.2) is 35.7 Å². The van der Waals surface area contributed by atoms with Crippen molar-refractivity contribution in [1.29, 1.82) is 0 Å². The molecular weight excluding hydrogens is 276 g/mol. The van der Waals surface area contributed by atoms with Crippen molar-refractivity contribution >= 4 is 10.8 Å². The first kappa shape index (κ1) is 15.1. The van der Waals surface area contributed by atoms with Gasteiger partial charge in [-0.15, -0.1) is 0 Å². The Bertz CT molecular complexity index is 687. The van der Waals surface area contributed by atoms with Gasteiger partial charge in [0.1, 0.15) is 12.4 Å². The summed E-state index contributed by atoms with van der Waals surface area (Å²) in [5.41, 5.74) is 0.0569. The summed E-state index contributed by atoms with van der Waals surface area (Å²) in [6.45, 7) is 6.67. The normalized spacial score (nSPS) is 16.0. The number of benzene rings is 1. The first-order valence-corrected chi connectivity index (χ1v) is 8.27. The summed E-state index contributed by atoms with van der Waals surface area (Å²) < 4.78 is 7.68. The van der Waals surface area contributed by atoms with Crippen LogP contribution in [0.15, 0.2) is 35.3 Å². The predicted octanol–water partition coefficient (Wildman–Crippen LogP) is 2.89. The molecule has 0 atom stereocenters. The number of aryl methyl sites for hydroxylation is 1. The van der Waals surface area contributed by atoms with Gasteiger partial charge < -0.3 is 9.30 Å². The Balaban J connectivity index is 1.73. The fourth-order valence-corrected chi connectivity index (χ4v) is 3.13. The smallest absolute Gasteiger partial charge is 0.258 e. The molecule has 1 aliphatic heterocycles. The van der Waals surface area contributed by atoms with E-state index < -0.39 is 0 Å². The summed E-state index contributed by atoms with van der Waals surface area (Å²) in [7, 11) is 0. The summed E-state index contributed by atoms with van der Waals surface area (Å²) in [6, 6.07) is 7.71. The van der Waals surface area contributed by atoms with Crippen molar-refractivity contribution in [2.45, 2.75) is 32.7 Å². The lowest BCUT2D eigenvalue weighted by molar-refractivity contribution is 0.184. The lowest BCUT2D eigenvalue weighted by Gasteiger charge is -2.26. The highest BCUT2D eigenvalue weighted by Gasteiger charge is 2.11. The van der Waals surface area contributed by atoms with Gasteiger partial charge in [0.15, 0.2) is 0 Å². The topological polar surface area (TPSA) is 34.5 Å². The zero-order chi connectivity index (χ0) is 15.4. The minimum Gasteiger partial charge on any atom is -0.492 e. The van der Waals surface area contributed by atoms with Crippen molar-refractivity contribution in [2.75, 3.05) is 26.2 Å². The molecule has 0 saturated carbocycles. The van der Waals surface area contributed by atoms with Gasteiger partial charge in [0, 0.05) is 24.7 Å². The fourth-order valence-electron chi connectivity index (χ4n) is 3.13. The van der Waals surface area contributed by atoms with E-state index >= 15 is 0 Å². The van der Waals surface area contributed by atoms with Gasteiger partial charge in [-0.05, 0) is 51.1 Å². The maximum absolute atomic E-state index is 12.3. The van der Waals surface area contributed by atoms with Crippen molar-refractivity contribution in [3.05, 3.63) is 40.8 Å². The Morgan fingerprint density at radius 2 is 1.91 bits per heavy atom. The van der Waals surface area contributed by atoms with Crippen molar-refractivity contribution in [2.24, 2.45) is 0 Å². The van der Waals surface area contributed by atoms with E-state index in [9.17, 15) is 4.79 Å². The highest BCUT2D eigenvalue weighted by atomic mass is 16.5. The minimum atomic E-state index is 0.0569. The van der Waals surface area contributed by atoms with E-state index in [-0.39, 0.29) is 5.56 Å². The van der Waals surface area contributed by atoms with E-state index in [0.717, 1.165) is 23.1 Å². The molecule has 4 heteroatoms. The van der Waals surface area contributed by atoms with Gasteiger partial charge in [-0.3, -0.25) is 9.69 Å². The maximum atomic E-state index is 12.3. The number of fused-ring (bicyclic) bond motifs is 1. The third kappa shape index (κ3) is 3.17. The molecule has 1 fully saturated rings. The van der Waals surface area contributed by atoms with E-state index in [0.29, 0.717) is 13.2 Å². The van der Waals surface area contributed by atoms with E-state index in [1.807, 2.05) is 37.4 Å². The molecule has 3 rings (SSSR count). The molecular formula is C18H24N2O2. The highest BCUT2D eigenvalue weighted by Crippen LogP contribution is 2.23. The van der Waals surface area contributed by atoms with Crippen molar-refractivity contribution in [1.82, 2.24) is 9.47 Å². The number of piperidine rings is 1. The minimum absolute atomic E-state index is 0.0569. The number of pyridine rings is 1. The Labute approximate surface area is 131 Å². The van der Waals surface area contributed by atoms with Crippen LogP contribution in [0, 0.1) is 0 Å². The quantitative estimate of drug-likeness (QED) is 0.851. The summed E-state index contributed by atoms with van der Waals surface area (Å²) in [4.78, 5) is 14.8. The molecule has 1 saturated heterocycles. The molecule has 2 heterocycles. The number of hydrogen-bond acceptors (Lipinski definition) is 3. The van der Waals surface area contributed by atoms with Crippen molar-refractivity contribution in [3.63, 3.8) is 0 Å². The van der Waals surface area contributed by atoms with Crippen LogP contribution in [0.3, 0.4) is 0 Å². The number of likely N-dealkylation sites (tertiary alicyclic amines) is 1. The molecule has 118 valence electrons. The Morgan fingerprint density at radius 3 is 2.68 bits per heavy atom. The molecule has 1 aromatic carbocycles. The first-order chi connectivity index (χ1) is 10.8. The van der Waals surface area contributed by atoms with E-state index in [4.69, 9.17) is 4.74 Å². The molecule has 0 bridgehead atoms. The molecule has 0 radical (unpaired) electrons. The van der Waals surface area contributed by atoms with Gasteiger partial charge in [-0.2, -0.15) is 0 Å². The molecule has 1 aromatic heterocycles. The maximum Gasteiger partial charge on any atom is 0.258 e. The van der Waals surface area contributed by atoms with Gasteiger partial charge >= 0.3 is 0 Å². The number of hydrogen-bond donors (Lipinski definition) is 0. The SMILES string of the molecule is CCn1ccc2c(OCCN3CCCCC3)cccc2c1=O. The lowest BCUT2D eigenvalue weighted by Crippen LogP contribution is -2.33. The van der Waals surface area contributed by atoms with E-state index in [1.54, 1.807) is 4.57 Å². The second-order valence-corrected chi connectivity index (χ2v) is 5.88. The largest absolute Gasteiger partial charge is 0.492 e. The average molecular weight is 300 g/mol. The van der Waals surface area contributed by atoms with Gasteiger partial charge in [-0.25, -0.2) is 0 Å². The average Bonchev–Trinajstić information content (AvgIpc) is 2.57. The third-order valence-corrected chi connectivity index (χ3v) is 4.43. The summed E-state index contributed by atoms with van der Waals surface area (Å²) in [5.74, 6) is 0.815. The van der Waals surface area contributed by atoms with Gasteiger partial charge in [0.25, 0.3) is 5.56 Å². The van der Waals surface area contributed by atoms with E-state index in [1.165, 1.54) is 32.4 Å². The summed E-state index contributed by atoms with van der Waals surface area (Å²) >= 11 is 0. The third-order valence-electron chi connectivity index (χ3n) is 4.43. The molecule has 0 N–H and O–H groups in total. The second-order valence-electron chi connectivity index (χ2n) is 5.88. The Hall–Kier alpha value is -1.81. The summed E-state index contributed by atoms with van der Waals surface area (Å²) in [6.07, 6.45) is 5.79. The lowest BCUT2D eigenvalue weighted by atomic mass is 10.1. The molecule has 0 amide bonds. The standard InChI is InChI=1S/C18H24N2O2/c1-2-20-12-9-15-16(18(20)21)7-6-8-17(15)22-14-13-19-10-4-3-5-11-19/h6-9,12H,2-5,10-11,13-14H2,1H3.